The first-order chi connectivity index (χ1) is 7.73. The van der Waals surface area contributed by atoms with Crippen LogP contribution in [0.1, 0.15) is 6.42 Å². The molecule has 3 N–H and O–H groups in total. The van der Waals surface area contributed by atoms with Gasteiger partial charge >= 0.3 is 18.1 Å². The van der Waals surface area contributed by atoms with E-state index in [-0.39, 0.29) is 6.42 Å². The van der Waals surface area contributed by atoms with Crippen LogP contribution in [-0.2, 0) is 14.3 Å². The van der Waals surface area contributed by atoms with E-state index in [0.29, 0.717) is 0 Å². The number of amides is 1. The normalized spacial score (nSPS) is 14.6. The maximum atomic E-state index is 12.0. The fourth-order valence-electron chi connectivity index (χ4n) is 1.03. The summed E-state index contributed by atoms with van der Waals surface area (Å²) >= 11 is 0. The maximum absolute atomic E-state index is 12.0. The lowest BCUT2D eigenvalue weighted by molar-refractivity contribution is -0.174. The van der Waals surface area contributed by atoms with Gasteiger partial charge in [0.15, 0.2) is 0 Å². The van der Waals surface area contributed by atoms with Gasteiger partial charge in [0.05, 0.1) is 13.2 Å². The van der Waals surface area contributed by atoms with Gasteiger partial charge in [0.1, 0.15) is 6.04 Å². The molecule has 0 bridgehead atoms. The zero-order chi connectivity index (χ0) is 13.6. The van der Waals surface area contributed by atoms with E-state index in [1.807, 2.05) is 0 Å². The monoisotopic (exact) mass is 254 g/mol. The molecule has 17 heavy (non-hydrogen) atoms. The van der Waals surface area contributed by atoms with Crippen LogP contribution in [-0.4, -0.2) is 37.2 Å². The second kappa shape index (κ2) is 6.24. The average Bonchev–Trinajstić information content (AvgIpc) is 2.25. The molecule has 0 rings (SSSR count). The van der Waals surface area contributed by atoms with Crippen molar-refractivity contribution in [3.8, 4) is 0 Å². The second-order valence-corrected chi connectivity index (χ2v) is 3.15. The zero-order valence-corrected chi connectivity index (χ0v) is 9.08. The van der Waals surface area contributed by atoms with Crippen molar-refractivity contribution in [1.82, 2.24) is 5.32 Å². The average molecular weight is 254 g/mol. The van der Waals surface area contributed by atoms with Gasteiger partial charge in [-0.15, -0.1) is 6.58 Å². The summed E-state index contributed by atoms with van der Waals surface area (Å²) in [5.74, 6) is -3.08. The van der Waals surface area contributed by atoms with Gasteiger partial charge in [-0.3, -0.25) is 9.59 Å². The number of hydrogen-bond donors (Lipinski definition) is 2. The molecular formula is C9H13F3N2O3. The lowest BCUT2D eigenvalue weighted by Crippen LogP contribution is -2.54. The minimum atomic E-state index is -5.03. The molecule has 0 saturated heterocycles. The van der Waals surface area contributed by atoms with Crippen molar-refractivity contribution in [2.24, 2.45) is 5.73 Å². The minimum absolute atomic E-state index is 0.0852. The number of halogens is 3. The van der Waals surface area contributed by atoms with Crippen LogP contribution in [0.5, 0.6) is 0 Å². The lowest BCUT2D eigenvalue weighted by Gasteiger charge is -2.22. The Bertz CT molecular complexity index is 304. The molecule has 0 aliphatic carbocycles. The third-order valence-corrected chi connectivity index (χ3v) is 1.90. The van der Waals surface area contributed by atoms with Crippen molar-refractivity contribution >= 4 is 11.9 Å². The molecule has 0 radical (unpaired) electrons. The van der Waals surface area contributed by atoms with Crippen molar-refractivity contribution in [2.75, 3.05) is 7.11 Å². The highest BCUT2D eigenvalue weighted by molar-refractivity contribution is 5.83. The summed E-state index contributed by atoms with van der Waals surface area (Å²) in [4.78, 5) is 21.7. The summed E-state index contributed by atoms with van der Waals surface area (Å²) < 4.78 is 40.3. The van der Waals surface area contributed by atoms with Crippen LogP contribution in [0.4, 0.5) is 13.2 Å². The van der Waals surface area contributed by atoms with E-state index < -0.39 is 30.1 Å². The zero-order valence-electron chi connectivity index (χ0n) is 9.08. The minimum Gasteiger partial charge on any atom is -0.468 e. The van der Waals surface area contributed by atoms with E-state index in [9.17, 15) is 22.8 Å². The smallest absolute Gasteiger partial charge is 0.468 e. The topological polar surface area (TPSA) is 81.4 Å². The number of nitrogens with two attached hydrogens (primary N) is 1. The lowest BCUT2D eigenvalue weighted by atomic mass is 10.1. The third-order valence-electron chi connectivity index (χ3n) is 1.90. The number of alkyl halides is 3. The summed E-state index contributed by atoms with van der Waals surface area (Å²) in [5, 5.41) is 1.61. The molecule has 0 saturated carbocycles. The molecule has 8 heteroatoms. The predicted octanol–water partition coefficient (Wildman–Crippen LogP) is 0.110. The van der Waals surface area contributed by atoms with Crippen LogP contribution in [0.2, 0.25) is 0 Å². The van der Waals surface area contributed by atoms with E-state index >= 15 is 0 Å². The molecule has 0 heterocycles. The van der Waals surface area contributed by atoms with Gasteiger partial charge in [0, 0.05) is 0 Å². The molecule has 0 aromatic heterocycles. The van der Waals surface area contributed by atoms with E-state index in [1.165, 1.54) is 6.08 Å². The van der Waals surface area contributed by atoms with Crippen LogP contribution in [0, 0.1) is 0 Å². The Labute approximate surface area is 95.8 Å². The quantitative estimate of drug-likeness (QED) is 0.539. The van der Waals surface area contributed by atoms with Gasteiger partial charge in [0.2, 0.25) is 0 Å². The molecule has 0 fully saturated rings. The molecule has 0 aliphatic heterocycles. The van der Waals surface area contributed by atoms with E-state index in [2.05, 4.69) is 11.3 Å². The first kappa shape index (κ1) is 15.4. The number of carbonyl (C=O) groups excluding carboxylic acids is 2. The summed E-state index contributed by atoms with van der Waals surface area (Å²) in [7, 11) is 1.04. The molecule has 0 aromatic rings. The molecule has 2 unspecified atom stereocenters. The summed E-state index contributed by atoms with van der Waals surface area (Å²) in [6.07, 6.45) is -3.88. The van der Waals surface area contributed by atoms with Crippen LogP contribution in [0.25, 0.3) is 0 Å². The first-order valence-electron chi connectivity index (χ1n) is 4.56. The first-order valence-corrected chi connectivity index (χ1v) is 4.56. The summed E-state index contributed by atoms with van der Waals surface area (Å²) in [5.41, 5.74) is 5.35. The van der Waals surface area contributed by atoms with Crippen molar-refractivity contribution in [3.63, 3.8) is 0 Å². The van der Waals surface area contributed by atoms with Crippen molar-refractivity contribution in [3.05, 3.63) is 12.7 Å². The van der Waals surface area contributed by atoms with Gasteiger partial charge in [-0.05, 0) is 6.42 Å². The fourth-order valence-corrected chi connectivity index (χ4v) is 1.03. The molecule has 98 valence electrons. The van der Waals surface area contributed by atoms with Gasteiger partial charge in [-0.25, -0.2) is 0 Å². The van der Waals surface area contributed by atoms with Gasteiger partial charge < -0.3 is 15.8 Å². The Morgan fingerprint density at radius 1 is 1.53 bits per heavy atom. The molecular weight excluding hydrogens is 241 g/mol. The Kier molecular flexibility index (Phi) is 5.66. The van der Waals surface area contributed by atoms with E-state index in [0.717, 1.165) is 7.11 Å². The standard InChI is InChI=1S/C9H13F3N2O3/c1-3-4-5(6(13)7(15)17-2)14-8(16)9(10,11)12/h3,5-6H,1,4,13H2,2H3,(H,14,16). The van der Waals surface area contributed by atoms with E-state index in [4.69, 9.17) is 5.73 Å². The fraction of sp³-hybridized carbons (Fsp3) is 0.556. The van der Waals surface area contributed by atoms with Gasteiger partial charge in [-0.2, -0.15) is 13.2 Å². The Morgan fingerprint density at radius 2 is 2.06 bits per heavy atom. The Morgan fingerprint density at radius 3 is 2.41 bits per heavy atom. The Balaban J connectivity index is 4.70. The molecule has 2 atom stereocenters. The third kappa shape index (κ3) is 4.85. The summed E-state index contributed by atoms with van der Waals surface area (Å²) in [6.45, 7) is 3.30. The van der Waals surface area contributed by atoms with Gasteiger partial charge in [0.25, 0.3) is 0 Å². The highest BCUT2D eigenvalue weighted by Gasteiger charge is 2.41. The largest absolute Gasteiger partial charge is 0.471 e. The molecule has 0 aliphatic rings. The molecule has 0 spiro atoms. The van der Waals surface area contributed by atoms with Crippen LogP contribution in [0.15, 0.2) is 12.7 Å². The van der Waals surface area contributed by atoms with Gasteiger partial charge in [-0.1, -0.05) is 6.08 Å². The number of nitrogens with one attached hydrogen (secondary N) is 1. The van der Waals surface area contributed by atoms with Crippen molar-refractivity contribution in [1.29, 1.82) is 0 Å². The molecule has 5 nitrogen and oxygen atoms in total. The van der Waals surface area contributed by atoms with Crippen LogP contribution < -0.4 is 11.1 Å². The highest BCUT2D eigenvalue weighted by Crippen LogP contribution is 2.15. The SMILES string of the molecule is C=CCC(NC(=O)C(F)(F)F)C(N)C(=O)OC. The second-order valence-electron chi connectivity index (χ2n) is 3.15. The number of ether oxygens (including phenoxy) is 1. The van der Waals surface area contributed by atoms with E-state index in [1.54, 1.807) is 5.32 Å². The highest BCUT2D eigenvalue weighted by atomic mass is 19.4. The summed E-state index contributed by atoms with van der Waals surface area (Å²) in [6, 6.07) is -2.60. The number of methoxy groups -OCH3 is 1. The number of carbonyl (C=O) groups is 2. The molecule has 0 aromatic carbocycles. The number of esters is 1. The molecule has 1 amide bonds. The van der Waals surface area contributed by atoms with Crippen molar-refractivity contribution < 1.29 is 27.5 Å². The van der Waals surface area contributed by atoms with Crippen molar-refractivity contribution in [2.45, 2.75) is 24.7 Å². The van der Waals surface area contributed by atoms with Crippen LogP contribution >= 0.6 is 0 Å². The maximum Gasteiger partial charge on any atom is 0.471 e. The van der Waals surface area contributed by atoms with Crippen LogP contribution in [0.3, 0.4) is 0 Å². The Hall–Kier alpha value is -1.57. The number of hydrogen-bond acceptors (Lipinski definition) is 4. The predicted molar refractivity (Wildman–Crippen MR) is 52.8 cm³/mol. The number of rotatable bonds is 5.